The predicted octanol–water partition coefficient (Wildman–Crippen LogP) is 1.79. The number of anilines is 1. The summed E-state index contributed by atoms with van der Waals surface area (Å²) in [6, 6.07) is 7.52. The van der Waals surface area contributed by atoms with E-state index < -0.39 is 0 Å². The number of hydrogen-bond donors (Lipinski definition) is 2. The van der Waals surface area contributed by atoms with Gasteiger partial charge in [0.25, 0.3) is 0 Å². The Kier molecular flexibility index (Phi) is 4.76. The Labute approximate surface area is 113 Å². The zero-order chi connectivity index (χ0) is 13.7. The number of nitrogens with zero attached hydrogens (tertiary/aromatic N) is 1. The first-order valence-electron chi connectivity index (χ1n) is 6.65. The van der Waals surface area contributed by atoms with Crippen LogP contribution in [0.2, 0.25) is 0 Å². The van der Waals surface area contributed by atoms with Crippen LogP contribution in [0.4, 0.5) is 10.5 Å². The zero-order valence-corrected chi connectivity index (χ0v) is 11.3. The van der Waals surface area contributed by atoms with Gasteiger partial charge in [0.2, 0.25) is 0 Å². The van der Waals surface area contributed by atoms with Crippen LogP contribution in [0.25, 0.3) is 0 Å². The molecule has 1 aromatic rings. The molecule has 19 heavy (non-hydrogen) atoms. The predicted molar refractivity (Wildman–Crippen MR) is 75.0 cm³/mol. The number of rotatable bonds is 2. The first kappa shape index (κ1) is 13.8. The van der Waals surface area contributed by atoms with Gasteiger partial charge in [0.05, 0.1) is 6.10 Å². The van der Waals surface area contributed by atoms with Crippen LogP contribution in [0, 0.1) is 0 Å². The van der Waals surface area contributed by atoms with Crippen molar-refractivity contribution in [1.82, 2.24) is 4.90 Å². The largest absolute Gasteiger partial charge is 0.377 e. The van der Waals surface area contributed by atoms with Crippen LogP contribution in [0.1, 0.15) is 18.9 Å². The summed E-state index contributed by atoms with van der Waals surface area (Å²) in [6.45, 7) is 4.58. The standard InChI is InChI=1S/C14H21N3O2/c1-11-10-17(7-2-8-19-11)14(18)16-13-5-3-12(9-15)4-6-13/h3-6,11H,2,7-10,15H2,1H3,(H,16,18). The summed E-state index contributed by atoms with van der Waals surface area (Å²) in [7, 11) is 0. The van der Waals surface area contributed by atoms with Crippen LogP contribution in [0.5, 0.6) is 0 Å². The van der Waals surface area contributed by atoms with E-state index in [9.17, 15) is 4.79 Å². The molecule has 0 aliphatic carbocycles. The molecule has 0 bridgehead atoms. The maximum Gasteiger partial charge on any atom is 0.321 e. The Morgan fingerprint density at radius 2 is 2.21 bits per heavy atom. The van der Waals surface area contributed by atoms with Crippen molar-refractivity contribution in [3.63, 3.8) is 0 Å². The van der Waals surface area contributed by atoms with E-state index in [0.717, 1.165) is 30.8 Å². The molecule has 0 aromatic heterocycles. The molecule has 3 N–H and O–H groups in total. The van der Waals surface area contributed by atoms with E-state index in [4.69, 9.17) is 10.5 Å². The molecule has 1 fully saturated rings. The number of ether oxygens (including phenoxy) is 1. The fourth-order valence-electron chi connectivity index (χ4n) is 2.11. The molecule has 1 unspecified atom stereocenters. The van der Waals surface area contributed by atoms with Crippen molar-refractivity contribution < 1.29 is 9.53 Å². The van der Waals surface area contributed by atoms with Crippen LogP contribution < -0.4 is 11.1 Å². The molecular weight excluding hydrogens is 242 g/mol. The second-order valence-electron chi connectivity index (χ2n) is 4.81. The minimum absolute atomic E-state index is 0.0714. The van der Waals surface area contributed by atoms with Crippen LogP contribution in [-0.2, 0) is 11.3 Å². The van der Waals surface area contributed by atoms with Crippen LogP contribution >= 0.6 is 0 Å². The minimum atomic E-state index is -0.0714. The summed E-state index contributed by atoms with van der Waals surface area (Å²) < 4.78 is 5.53. The summed E-state index contributed by atoms with van der Waals surface area (Å²) in [4.78, 5) is 14.0. The number of carbonyl (C=O) groups excluding carboxylic acids is 1. The van der Waals surface area contributed by atoms with E-state index in [0.29, 0.717) is 13.1 Å². The lowest BCUT2D eigenvalue weighted by molar-refractivity contribution is 0.0718. The van der Waals surface area contributed by atoms with Crippen molar-refractivity contribution >= 4 is 11.7 Å². The van der Waals surface area contributed by atoms with Gasteiger partial charge in [0, 0.05) is 31.9 Å². The summed E-state index contributed by atoms with van der Waals surface area (Å²) in [5, 5.41) is 2.90. The highest BCUT2D eigenvalue weighted by Gasteiger charge is 2.19. The van der Waals surface area contributed by atoms with E-state index in [1.807, 2.05) is 31.2 Å². The smallest absolute Gasteiger partial charge is 0.321 e. The number of amides is 2. The second-order valence-corrected chi connectivity index (χ2v) is 4.81. The van der Waals surface area contributed by atoms with Gasteiger partial charge < -0.3 is 20.7 Å². The van der Waals surface area contributed by atoms with Gasteiger partial charge in [-0.15, -0.1) is 0 Å². The van der Waals surface area contributed by atoms with Crippen molar-refractivity contribution in [2.24, 2.45) is 5.73 Å². The maximum absolute atomic E-state index is 12.2. The average molecular weight is 263 g/mol. The third-order valence-corrected chi connectivity index (χ3v) is 3.18. The third kappa shape index (κ3) is 3.94. The van der Waals surface area contributed by atoms with Gasteiger partial charge in [0.1, 0.15) is 0 Å². The molecule has 1 aliphatic heterocycles. The molecule has 0 spiro atoms. The fraction of sp³-hybridized carbons (Fsp3) is 0.500. The van der Waals surface area contributed by atoms with Crippen molar-refractivity contribution in [1.29, 1.82) is 0 Å². The first-order valence-corrected chi connectivity index (χ1v) is 6.65. The molecule has 0 saturated carbocycles. The number of hydrogen-bond acceptors (Lipinski definition) is 3. The van der Waals surface area contributed by atoms with Gasteiger partial charge in [-0.25, -0.2) is 4.79 Å². The van der Waals surface area contributed by atoms with Crippen LogP contribution in [-0.4, -0.2) is 36.7 Å². The van der Waals surface area contributed by atoms with E-state index in [2.05, 4.69) is 5.32 Å². The van der Waals surface area contributed by atoms with Crippen LogP contribution in [0.3, 0.4) is 0 Å². The number of nitrogens with one attached hydrogen (secondary N) is 1. The van der Waals surface area contributed by atoms with Crippen molar-refractivity contribution in [3.8, 4) is 0 Å². The molecule has 1 saturated heterocycles. The van der Waals surface area contributed by atoms with E-state index >= 15 is 0 Å². The minimum Gasteiger partial charge on any atom is -0.377 e. The molecular formula is C14H21N3O2. The van der Waals surface area contributed by atoms with Gasteiger partial charge in [0.15, 0.2) is 0 Å². The SMILES string of the molecule is CC1CN(C(=O)Nc2ccc(CN)cc2)CCCO1. The van der Waals surface area contributed by atoms with Crippen molar-refractivity contribution in [3.05, 3.63) is 29.8 Å². The third-order valence-electron chi connectivity index (χ3n) is 3.18. The molecule has 5 heteroatoms. The summed E-state index contributed by atoms with van der Waals surface area (Å²) >= 11 is 0. The molecule has 1 aromatic carbocycles. The molecule has 104 valence electrons. The molecule has 1 atom stereocenters. The quantitative estimate of drug-likeness (QED) is 0.854. The molecule has 1 heterocycles. The Balaban J connectivity index is 1.95. The van der Waals surface area contributed by atoms with E-state index in [1.54, 1.807) is 4.90 Å². The first-order chi connectivity index (χ1) is 9.19. The van der Waals surface area contributed by atoms with Crippen molar-refractivity contribution in [2.45, 2.75) is 26.0 Å². The molecule has 1 aliphatic rings. The summed E-state index contributed by atoms with van der Waals surface area (Å²) in [5.41, 5.74) is 7.38. The number of benzene rings is 1. The topological polar surface area (TPSA) is 67.6 Å². The normalized spacial score (nSPS) is 19.9. The highest BCUT2D eigenvalue weighted by molar-refractivity contribution is 5.89. The van der Waals surface area contributed by atoms with E-state index in [1.165, 1.54) is 0 Å². The number of nitrogens with two attached hydrogens (primary N) is 1. The second kappa shape index (κ2) is 6.54. The lowest BCUT2D eigenvalue weighted by Gasteiger charge is -2.22. The Bertz CT molecular complexity index is 419. The number of carbonyl (C=O) groups is 1. The van der Waals surface area contributed by atoms with Gasteiger partial charge in [-0.2, -0.15) is 0 Å². The Morgan fingerprint density at radius 1 is 1.47 bits per heavy atom. The molecule has 0 radical (unpaired) electrons. The van der Waals surface area contributed by atoms with Gasteiger partial charge >= 0.3 is 6.03 Å². The highest BCUT2D eigenvalue weighted by atomic mass is 16.5. The highest BCUT2D eigenvalue weighted by Crippen LogP contribution is 2.12. The van der Waals surface area contributed by atoms with E-state index in [-0.39, 0.29) is 12.1 Å². The van der Waals surface area contributed by atoms with Gasteiger partial charge in [-0.05, 0) is 31.0 Å². The van der Waals surface area contributed by atoms with Gasteiger partial charge in [-0.3, -0.25) is 0 Å². The maximum atomic E-state index is 12.2. The summed E-state index contributed by atoms with van der Waals surface area (Å²) in [6.07, 6.45) is 0.969. The average Bonchev–Trinajstić information content (AvgIpc) is 2.64. The lowest BCUT2D eigenvalue weighted by Crippen LogP contribution is -2.38. The van der Waals surface area contributed by atoms with Crippen LogP contribution in [0.15, 0.2) is 24.3 Å². The zero-order valence-electron chi connectivity index (χ0n) is 11.3. The monoisotopic (exact) mass is 263 g/mol. The molecule has 5 nitrogen and oxygen atoms in total. The molecule has 2 amide bonds. The fourth-order valence-corrected chi connectivity index (χ4v) is 2.11. The Hall–Kier alpha value is -1.59. The van der Waals surface area contributed by atoms with Crippen molar-refractivity contribution in [2.75, 3.05) is 25.0 Å². The summed E-state index contributed by atoms with van der Waals surface area (Å²) in [5.74, 6) is 0. The lowest BCUT2D eigenvalue weighted by atomic mass is 10.2. The van der Waals surface area contributed by atoms with Gasteiger partial charge in [-0.1, -0.05) is 12.1 Å². The molecule has 2 rings (SSSR count). The number of urea groups is 1. The Morgan fingerprint density at radius 3 is 2.89 bits per heavy atom.